The van der Waals surface area contributed by atoms with E-state index in [2.05, 4.69) is 4.98 Å². The summed E-state index contributed by atoms with van der Waals surface area (Å²) in [5.41, 5.74) is 1.12. The van der Waals surface area contributed by atoms with Crippen LogP contribution in [0.4, 0.5) is 5.69 Å². The molecule has 0 bridgehead atoms. The molecule has 0 radical (unpaired) electrons. The van der Waals surface area contributed by atoms with E-state index in [-0.39, 0.29) is 16.6 Å². The maximum absolute atomic E-state index is 13.3. The van der Waals surface area contributed by atoms with Crippen molar-refractivity contribution in [1.29, 1.82) is 0 Å². The summed E-state index contributed by atoms with van der Waals surface area (Å²) in [6.07, 6.45) is 1.42. The zero-order chi connectivity index (χ0) is 19.2. The number of non-ortho nitro benzene ring substituents is 1. The van der Waals surface area contributed by atoms with Crippen molar-refractivity contribution in [3.63, 3.8) is 0 Å². The van der Waals surface area contributed by atoms with Gasteiger partial charge in [0.1, 0.15) is 5.01 Å². The highest BCUT2D eigenvalue weighted by Crippen LogP contribution is 2.40. The van der Waals surface area contributed by atoms with Gasteiger partial charge in [0.2, 0.25) is 10.0 Å². The van der Waals surface area contributed by atoms with Crippen LogP contribution in [-0.2, 0) is 10.0 Å². The third kappa shape index (κ3) is 3.11. The Bertz CT molecular complexity index is 1110. The van der Waals surface area contributed by atoms with Gasteiger partial charge in [0.15, 0.2) is 0 Å². The van der Waals surface area contributed by atoms with Gasteiger partial charge in [-0.05, 0) is 37.5 Å². The molecule has 1 fully saturated rings. The number of aromatic nitrogens is 1. The molecule has 7 nitrogen and oxygen atoms in total. The van der Waals surface area contributed by atoms with Crippen LogP contribution in [-0.4, -0.2) is 29.2 Å². The van der Waals surface area contributed by atoms with Gasteiger partial charge in [0, 0.05) is 18.7 Å². The minimum absolute atomic E-state index is 0.00953. The molecule has 2 heterocycles. The monoisotopic (exact) mass is 403 g/mol. The largest absolute Gasteiger partial charge is 0.270 e. The van der Waals surface area contributed by atoms with Crippen molar-refractivity contribution in [3.05, 3.63) is 63.1 Å². The van der Waals surface area contributed by atoms with Crippen LogP contribution in [0.15, 0.2) is 47.4 Å². The fourth-order valence-electron chi connectivity index (χ4n) is 3.41. The van der Waals surface area contributed by atoms with Crippen LogP contribution in [0.2, 0.25) is 0 Å². The van der Waals surface area contributed by atoms with E-state index < -0.39 is 14.9 Å². The highest BCUT2D eigenvalue weighted by molar-refractivity contribution is 7.89. The van der Waals surface area contributed by atoms with Gasteiger partial charge in [-0.2, -0.15) is 4.31 Å². The number of aryl methyl sites for hydroxylation is 1. The van der Waals surface area contributed by atoms with Crippen LogP contribution in [0.3, 0.4) is 0 Å². The molecule has 0 saturated carbocycles. The highest BCUT2D eigenvalue weighted by Gasteiger charge is 2.39. The molecule has 3 aromatic rings. The molecule has 0 aliphatic carbocycles. The van der Waals surface area contributed by atoms with Gasteiger partial charge < -0.3 is 0 Å². The van der Waals surface area contributed by atoms with E-state index in [4.69, 9.17) is 0 Å². The normalized spacial score (nSPS) is 18.2. The van der Waals surface area contributed by atoms with Gasteiger partial charge in [-0.25, -0.2) is 13.4 Å². The third-order valence-corrected chi connectivity index (χ3v) is 7.96. The van der Waals surface area contributed by atoms with E-state index in [1.165, 1.54) is 27.8 Å². The van der Waals surface area contributed by atoms with Crippen molar-refractivity contribution < 1.29 is 13.3 Å². The fourth-order valence-corrected chi connectivity index (χ4v) is 6.50. The molecular weight excluding hydrogens is 386 g/mol. The molecule has 4 rings (SSSR count). The maximum atomic E-state index is 13.3. The first-order valence-corrected chi connectivity index (χ1v) is 10.8. The first kappa shape index (κ1) is 18.0. The molecule has 2 aromatic carbocycles. The Labute approximate surface area is 160 Å². The lowest BCUT2D eigenvalue weighted by atomic mass is 10.2. The number of rotatable bonds is 4. The topological polar surface area (TPSA) is 93.4 Å². The minimum atomic E-state index is -3.86. The first-order chi connectivity index (χ1) is 12.9. The molecule has 1 aliphatic heterocycles. The summed E-state index contributed by atoms with van der Waals surface area (Å²) in [5.74, 6) is 0. The first-order valence-electron chi connectivity index (χ1n) is 8.50. The number of nitro benzene ring substituents is 1. The Morgan fingerprint density at radius 1 is 1.26 bits per heavy atom. The molecule has 0 spiro atoms. The van der Waals surface area contributed by atoms with Crippen LogP contribution < -0.4 is 0 Å². The Morgan fingerprint density at radius 3 is 2.78 bits per heavy atom. The molecule has 1 aliphatic rings. The van der Waals surface area contributed by atoms with E-state index in [1.54, 1.807) is 6.92 Å². The maximum Gasteiger partial charge on any atom is 0.270 e. The van der Waals surface area contributed by atoms with Crippen LogP contribution in [0.1, 0.15) is 29.5 Å². The number of sulfonamides is 1. The molecule has 140 valence electrons. The lowest BCUT2D eigenvalue weighted by Gasteiger charge is -2.23. The number of benzene rings is 2. The predicted octanol–water partition coefficient (Wildman–Crippen LogP) is 4.04. The summed E-state index contributed by atoms with van der Waals surface area (Å²) < 4.78 is 29.1. The number of hydrogen-bond donors (Lipinski definition) is 0. The Kier molecular flexibility index (Phi) is 4.45. The molecule has 0 unspecified atom stereocenters. The Hall–Kier alpha value is -2.36. The summed E-state index contributed by atoms with van der Waals surface area (Å²) >= 11 is 1.50. The van der Waals surface area contributed by atoms with Crippen LogP contribution >= 0.6 is 11.3 Å². The number of nitrogens with zero attached hydrogens (tertiary/aromatic N) is 3. The van der Waals surface area contributed by atoms with E-state index in [0.29, 0.717) is 18.5 Å². The number of nitro groups is 1. The van der Waals surface area contributed by atoms with Gasteiger partial charge in [0.25, 0.3) is 5.69 Å². The molecular formula is C18H17N3O4S2. The van der Waals surface area contributed by atoms with Gasteiger partial charge in [-0.1, -0.05) is 18.2 Å². The van der Waals surface area contributed by atoms with Crippen LogP contribution in [0, 0.1) is 17.0 Å². The number of para-hydroxylation sites is 1. The van der Waals surface area contributed by atoms with Crippen LogP contribution in [0.25, 0.3) is 10.2 Å². The lowest BCUT2D eigenvalue weighted by Crippen LogP contribution is -2.31. The summed E-state index contributed by atoms with van der Waals surface area (Å²) in [5, 5.41) is 11.9. The van der Waals surface area contributed by atoms with Gasteiger partial charge in [-0.15, -0.1) is 11.3 Å². The van der Waals surface area contributed by atoms with E-state index >= 15 is 0 Å². The van der Waals surface area contributed by atoms with Crippen LogP contribution in [0.5, 0.6) is 0 Å². The predicted molar refractivity (Wildman–Crippen MR) is 103 cm³/mol. The minimum Gasteiger partial charge on any atom is -0.258 e. The van der Waals surface area contributed by atoms with Crippen molar-refractivity contribution in [2.45, 2.75) is 30.7 Å². The zero-order valence-corrected chi connectivity index (χ0v) is 16.2. The standard InChI is InChI=1S/C18H17N3O4S2/c1-12-8-9-13(21(22)23)11-17(12)27(24,25)20-10-4-6-15(20)18-19-14-5-2-3-7-16(14)26-18/h2-3,5,7-9,11,15H,4,6,10H2,1H3/t15-/m0/s1. The van der Waals surface area contributed by atoms with Gasteiger partial charge in [-0.3, -0.25) is 10.1 Å². The zero-order valence-electron chi connectivity index (χ0n) is 14.5. The molecule has 9 heteroatoms. The van der Waals surface area contributed by atoms with E-state index in [1.807, 2.05) is 24.3 Å². The summed E-state index contributed by atoms with van der Waals surface area (Å²) in [6.45, 7) is 2.03. The Balaban J connectivity index is 1.77. The summed E-state index contributed by atoms with van der Waals surface area (Å²) in [4.78, 5) is 15.1. The molecule has 0 N–H and O–H groups in total. The molecule has 1 aromatic heterocycles. The van der Waals surface area contributed by atoms with Crippen molar-refractivity contribution in [1.82, 2.24) is 9.29 Å². The van der Waals surface area contributed by atoms with Crippen molar-refractivity contribution in [2.75, 3.05) is 6.54 Å². The molecule has 1 saturated heterocycles. The second-order valence-corrected chi connectivity index (χ2v) is 9.42. The average Bonchev–Trinajstić information content (AvgIpc) is 3.28. The number of fused-ring (bicyclic) bond motifs is 1. The second kappa shape index (κ2) is 6.66. The molecule has 1 atom stereocenters. The number of thiazole rings is 1. The SMILES string of the molecule is Cc1ccc([N+](=O)[O-])cc1S(=O)(=O)N1CCC[C@H]1c1nc2ccccc2s1. The highest BCUT2D eigenvalue weighted by atomic mass is 32.2. The summed E-state index contributed by atoms with van der Waals surface area (Å²) in [7, 11) is -3.86. The molecule has 0 amide bonds. The molecule has 27 heavy (non-hydrogen) atoms. The quantitative estimate of drug-likeness (QED) is 0.484. The third-order valence-electron chi connectivity index (χ3n) is 4.77. The van der Waals surface area contributed by atoms with Crippen molar-refractivity contribution in [2.24, 2.45) is 0 Å². The Morgan fingerprint density at radius 2 is 2.04 bits per heavy atom. The van der Waals surface area contributed by atoms with E-state index in [9.17, 15) is 18.5 Å². The average molecular weight is 403 g/mol. The number of hydrogen-bond acceptors (Lipinski definition) is 6. The van der Waals surface area contributed by atoms with Crippen molar-refractivity contribution in [3.8, 4) is 0 Å². The van der Waals surface area contributed by atoms with Gasteiger partial charge >= 0.3 is 0 Å². The second-order valence-electron chi connectivity index (χ2n) is 6.50. The lowest BCUT2D eigenvalue weighted by molar-refractivity contribution is -0.385. The van der Waals surface area contributed by atoms with Gasteiger partial charge in [0.05, 0.1) is 26.1 Å². The smallest absolute Gasteiger partial charge is 0.258 e. The fraction of sp³-hybridized carbons (Fsp3) is 0.278. The summed E-state index contributed by atoms with van der Waals surface area (Å²) in [6, 6.07) is 11.3. The van der Waals surface area contributed by atoms with E-state index in [0.717, 1.165) is 27.7 Å². The van der Waals surface area contributed by atoms with Crippen molar-refractivity contribution >= 4 is 37.3 Å².